The number of piperazine rings is 1. The van der Waals surface area contributed by atoms with Gasteiger partial charge in [-0.1, -0.05) is 6.92 Å². The fourth-order valence-electron chi connectivity index (χ4n) is 1.85. The summed E-state index contributed by atoms with van der Waals surface area (Å²) in [6, 6.07) is 0. The molecule has 13 heavy (non-hydrogen) atoms. The van der Waals surface area contributed by atoms with Gasteiger partial charge in [0.15, 0.2) is 0 Å². The van der Waals surface area contributed by atoms with Crippen LogP contribution in [0.1, 0.15) is 13.8 Å². The van der Waals surface area contributed by atoms with E-state index in [0.717, 1.165) is 32.7 Å². The highest BCUT2D eigenvalue weighted by Gasteiger charge is 2.38. The lowest BCUT2D eigenvalue weighted by Crippen LogP contribution is -2.61. The van der Waals surface area contributed by atoms with Gasteiger partial charge < -0.3 is 5.11 Å². The summed E-state index contributed by atoms with van der Waals surface area (Å²) in [5, 5.41) is 9.10. The second-order valence-electron chi connectivity index (χ2n) is 3.63. The Morgan fingerprint density at radius 3 is 2.23 bits per heavy atom. The summed E-state index contributed by atoms with van der Waals surface area (Å²) in [7, 11) is 0. The number of amides is 1. The molecule has 1 heterocycles. The maximum Gasteiger partial charge on any atom is 0.513 e. The Labute approximate surface area is 79.3 Å². The molecule has 0 unspecified atom stereocenters. The Bertz CT molecular complexity index is 186. The lowest BCUT2D eigenvalue weighted by molar-refractivity contribution is -0.860. The predicted octanol–water partition coefficient (Wildman–Crippen LogP) is 0.837. The number of carboxylic acid groups (broad SMARTS) is 1. The Kier molecular flexibility index (Phi) is 3.27. The maximum atomic E-state index is 11.1. The number of carbonyl (C=O) groups is 1. The fourth-order valence-corrected chi connectivity index (χ4v) is 1.85. The highest BCUT2D eigenvalue weighted by Crippen LogP contribution is 2.13. The molecule has 0 aromatic carbocycles. The highest BCUT2D eigenvalue weighted by atomic mass is 16.4. The number of hydrogen-bond acceptors (Lipinski definition) is 2. The molecule has 4 heteroatoms. The second-order valence-corrected chi connectivity index (χ2v) is 3.63. The number of nitrogens with zero attached hydrogens (tertiary/aromatic N) is 2. The third kappa shape index (κ3) is 2.00. The van der Waals surface area contributed by atoms with Crippen molar-refractivity contribution in [3.8, 4) is 0 Å². The van der Waals surface area contributed by atoms with E-state index in [9.17, 15) is 4.79 Å². The maximum absolute atomic E-state index is 11.1. The van der Waals surface area contributed by atoms with E-state index in [-0.39, 0.29) is 4.48 Å². The summed E-state index contributed by atoms with van der Waals surface area (Å²) < 4.78 is 0.247. The molecule has 0 spiro atoms. The third-order valence-electron chi connectivity index (χ3n) is 3.15. The molecular formula is C9H19N2O2+. The van der Waals surface area contributed by atoms with Crippen LogP contribution in [0.4, 0.5) is 4.79 Å². The van der Waals surface area contributed by atoms with Crippen LogP contribution in [0.2, 0.25) is 0 Å². The van der Waals surface area contributed by atoms with Crippen molar-refractivity contribution in [1.82, 2.24) is 4.90 Å². The van der Waals surface area contributed by atoms with Crippen molar-refractivity contribution in [2.24, 2.45) is 0 Å². The van der Waals surface area contributed by atoms with Crippen LogP contribution in [0.3, 0.4) is 0 Å². The average Bonchev–Trinajstić information content (AvgIpc) is 2.17. The summed E-state index contributed by atoms with van der Waals surface area (Å²) in [6.07, 6.45) is -0.668. The average molecular weight is 187 g/mol. The van der Waals surface area contributed by atoms with E-state index >= 15 is 0 Å². The summed E-state index contributed by atoms with van der Waals surface area (Å²) in [6.45, 7) is 9.13. The van der Waals surface area contributed by atoms with Gasteiger partial charge in [-0.05, 0) is 13.5 Å². The van der Waals surface area contributed by atoms with Gasteiger partial charge in [-0.25, -0.2) is 4.48 Å². The van der Waals surface area contributed by atoms with Gasteiger partial charge in [-0.15, -0.1) is 0 Å². The normalized spacial score (nSPS) is 22.9. The largest absolute Gasteiger partial charge is 0.513 e. The first-order valence-corrected chi connectivity index (χ1v) is 4.96. The number of quaternary nitrogens is 1. The number of likely N-dealkylation sites (N-methyl/N-ethyl adjacent to an activating group) is 2. The van der Waals surface area contributed by atoms with E-state index in [0.29, 0.717) is 6.54 Å². The van der Waals surface area contributed by atoms with Gasteiger partial charge in [0.1, 0.15) is 13.1 Å². The minimum absolute atomic E-state index is 0.247. The molecule has 0 aliphatic carbocycles. The van der Waals surface area contributed by atoms with E-state index in [4.69, 9.17) is 5.11 Å². The Morgan fingerprint density at radius 1 is 1.38 bits per heavy atom. The van der Waals surface area contributed by atoms with Gasteiger partial charge in [0.05, 0.1) is 6.54 Å². The first-order chi connectivity index (χ1) is 6.14. The molecule has 0 bridgehead atoms. The Hall–Kier alpha value is -0.610. The summed E-state index contributed by atoms with van der Waals surface area (Å²) in [4.78, 5) is 13.4. The quantitative estimate of drug-likeness (QED) is 0.651. The van der Waals surface area contributed by atoms with Crippen molar-refractivity contribution in [3.63, 3.8) is 0 Å². The molecule has 0 aromatic rings. The van der Waals surface area contributed by atoms with Crippen LogP contribution < -0.4 is 0 Å². The Morgan fingerprint density at radius 2 is 1.92 bits per heavy atom. The molecule has 0 aromatic heterocycles. The predicted molar refractivity (Wildman–Crippen MR) is 50.7 cm³/mol. The summed E-state index contributed by atoms with van der Waals surface area (Å²) in [5.74, 6) is 0. The molecule has 0 atom stereocenters. The number of rotatable bonds is 2. The van der Waals surface area contributed by atoms with Crippen molar-refractivity contribution >= 4 is 6.09 Å². The van der Waals surface area contributed by atoms with Crippen molar-refractivity contribution in [3.05, 3.63) is 0 Å². The molecule has 1 N–H and O–H groups in total. The minimum atomic E-state index is -0.668. The van der Waals surface area contributed by atoms with Crippen molar-refractivity contribution in [2.45, 2.75) is 13.8 Å². The molecule has 1 aliphatic rings. The van der Waals surface area contributed by atoms with Crippen molar-refractivity contribution in [1.29, 1.82) is 0 Å². The fraction of sp³-hybridized carbons (Fsp3) is 0.889. The van der Waals surface area contributed by atoms with E-state index in [1.54, 1.807) is 0 Å². The zero-order valence-corrected chi connectivity index (χ0v) is 8.49. The van der Waals surface area contributed by atoms with Crippen molar-refractivity contribution in [2.75, 3.05) is 39.3 Å². The molecule has 1 amide bonds. The molecule has 1 fully saturated rings. The monoisotopic (exact) mass is 187 g/mol. The Balaban J connectivity index is 2.58. The van der Waals surface area contributed by atoms with E-state index in [1.807, 2.05) is 6.92 Å². The standard InChI is InChI=1S/C9H18N2O2/c1-3-10-5-7-11(4-2,8-6-10)9(12)13/h3-8H2,1-2H3/p+1. The van der Waals surface area contributed by atoms with Gasteiger partial charge in [-0.2, -0.15) is 4.79 Å². The molecule has 76 valence electrons. The van der Waals surface area contributed by atoms with Crippen LogP contribution in [0, 0.1) is 0 Å². The molecule has 0 radical (unpaired) electrons. The highest BCUT2D eigenvalue weighted by molar-refractivity contribution is 5.56. The van der Waals surface area contributed by atoms with Crippen LogP contribution >= 0.6 is 0 Å². The smallest absolute Gasteiger partial charge is 0.435 e. The van der Waals surface area contributed by atoms with E-state index in [1.165, 1.54) is 0 Å². The molecule has 1 saturated heterocycles. The van der Waals surface area contributed by atoms with Crippen LogP contribution in [0.25, 0.3) is 0 Å². The summed E-state index contributed by atoms with van der Waals surface area (Å²) in [5.41, 5.74) is 0. The lowest BCUT2D eigenvalue weighted by Gasteiger charge is -2.39. The van der Waals surface area contributed by atoms with Crippen LogP contribution in [-0.4, -0.2) is 59.9 Å². The summed E-state index contributed by atoms with van der Waals surface area (Å²) >= 11 is 0. The molecule has 1 aliphatic heterocycles. The van der Waals surface area contributed by atoms with Gasteiger partial charge in [0, 0.05) is 13.1 Å². The first kappa shape index (κ1) is 10.5. The van der Waals surface area contributed by atoms with Crippen LogP contribution in [0.15, 0.2) is 0 Å². The van der Waals surface area contributed by atoms with E-state index in [2.05, 4.69) is 11.8 Å². The molecular weight excluding hydrogens is 168 g/mol. The molecule has 4 nitrogen and oxygen atoms in total. The first-order valence-electron chi connectivity index (χ1n) is 4.96. The molecule has 1 rings (SSSR count). The molecule has 0 saturated carbocycles. The number of hydrogen-bond donors (Lipinski definition) is 1. The second kappa shape index (κ2) is 4.07. The van der Waals surface area contributed by atoms with Gasteiger partial charge in [0.2, 0.25) is 0 Å². The topological polar surface area (TPSA) is 40.5 Å². The van der Waals surface area contributed by atoms with Crippen LogP contribution in [0.5, 0.6) is 0 Å². The SMILES string of the molecule is CCN1CC[N+](CC)(C(=O)O)CC1. The minimum Gasteiger partial charge on any atom is -0.435 e. The third-order valence-corrected chi connectivity index (χ3v) is 3.15. The van der Waals surface area contributed by atoms with Crippen molar-refractivity contribution < 1.29 is 14.4 Å². The van der Waals surface area contributed by atoms with Gasteiger partial charge >= 0.3 is 6.09 Å². The van der Waals surface area contributed by atoms with E-state index < -0.39 is 6.09 Å². The van der Waals surface area contributed by atoms with Gasteiger partial charge in [-0.3, -0.25) is 4.90 Å². The zero-order valence-electron chi connectivity index (χ0n) is 8.49. The lowest BCUT2D eigenvalue weighted by atomic mass is 10.2. The van der Waals surface area contributed by atoms with Gasteiger partial charge in [0.25, 0.3) is 0 Å². The van der Waals surface area contributed by atoms with Crippen LogP contribution in [-0.2, 0) is 0 Å². The zero-order chi connectivity index (χ0) is 9.90.